The van der Waals surface area contributed by atoms with Gasteiger partial charge in [0.05, 0.1) is 5.25 Å². The second kappa shape index (κ2) is 10.4. The molecule has 0 aliphatic rings. The van der Waals surface area contributed by atoms with Crippen molar-refractivity contribution in [1.29, 1.82) is 0 Å². The molecule has 0 radical (unpaired) electrons. The number of carbonyl (C=O) groups excluding carboxylic acids is 1. The highest BCUT2D eigenvalue weighted by atomic mass is 32.2. The fraction of sp³-hybridized carbons (Fsp3) is 0.364. The fourth-order valence-electron chi connectivity index (χ4n) is 3.00. The van der Waals surface area contributed by atoms with Gasteiger partial charge in [0.15, 0.2) is 11.0 Å². The van der Waals surface area contributed by atoms with Gasteiger partial charge < -0.3 is 14.8 Å². The van der Waals surface area contributed by atoms with E-state index >= 15 is 0 Å². The molecule has 8 heteroatoms. The summed E-state index contributed by atoms with van der Waals surface area (Å²) in [7, 11) is 4.12. The molecule has 0 aliphatic heterocycles. The smallest absolute Gasteiger partial charge is 0.237 e. The quantitative estimate of drug-likeness (QED) is 0.528. The number of aryl methyl sites for hydroxylation is 1. The summed E-state index contributed by atoms with van der Waals surface area (Å²) < 4.78 is 2.10. The van der Waals surface area contributed by atoms with Gasteiger partial charge >= 0.3 is 0 Å². The van der Waals surface area contributed by atoms with Gasteiger partial charge in [0.25, 0.3) is 0 Å². The molecule has 0 spiro atoms. The topological polar surface area (TPSA) is 75.9 Å². The average Bonchev–Trinajstić information content (AvgIpc) is 3.12. The van der Waals surface area contributed by atoms with Crippen LogP contribution in [0.15, 0.2) is 53.9 Å². The van der Waals surface area contributed by atoms with Gasteiger partial charge in [0.2, 0.25) is 5.91 Å². The maximum Gasteiger partial charge on any atom is 0.237 e. The Labute approximate surface area is 181 Å². The summed E-state index contributed by atoms with van der Waals surface area (Å²) in [5, 5.41) is 12.3. The number of rotatable bonds is 9. The molecule has 0 aliphatic carbocycles. The Kier molecular flexibility index (Phi) is 7.59. The van der Waals surface area contributed by atoms with Gasteiger partial charge in [-0.2, -0.15) is 0 Å². The highest BCUT2D eigenvalue weighted by Crippen LogP contribution is 2.28. The molecule has 0 saturated heterocycles. The molecule has 3 rings (SSSR count). The maximum absolute atomic E-state index is 12.8. The van der Waals surface area contributed by atoms with E-state index in [1.165, 1.54) is 11.8 Å². The molecule has 1 amide bonds. The first-order chi connectivity index (χ1) is 14.5. The van der Waals surface area contributed by atoms with Gasteiger partial charge in [-0.05, 0) is 64.7 Å². The van der Waals surface area contributed by atoms with Crippen molar-refractivity contribution in [2.24, 2.45) is 0 Å². The van der Waals surface area contributed by atoms with Gasteiger partial charge in [-0.25, -0.2) is 0 Å². The Hall–Kier alpha value is -2.71. The van der Waals surface area contributed by atoms with Crippen molar-refractivity contribution >= 4 is 23.4 Å². The normalized spacial score (nSPS) is 12.2. The van der Waals surface area contributed by atoms with E-state index < -0.39 is 0 Å². The third-order valence-electron chi connectivity index (χ3n) is 4.70. The molecule has 1 N–H and O–H groups in total. The molecule has 1 atom stereocenters. The minimum absolute atomic E-state index is 0.0531. The molecule has 0 fully saturated rings. The molecular formula is C22H28N6OS. The molecule has 0 saturated carbocycles. The van der Waals surface area contributed by atoms with Crippen LogP contribution < -0.4 is 5.32 Å². The van der Waals surface area contributed by atoms with Crippen molar-refractivity contribution in [3.8, 4) is 11.4 Å². The molecule has 2 aromatic heterocycles. The first-order valence-electron chi connectivity index (χ1n) is 9.97. The molecule has 0 unspecified atom stereocenters. The number of benzene rings is 1. The van der Waals surface area contributed by atoms with E-state index in [9.17, 15) is 4.79 Å². The van der Waals surface area contributed by atoms with Gasteiger partial charge in [0.1, 0.15) is 0 Å². The van der Waals surface area contributed by atoms with E-state index in [2.05, 4.69) is 44.1 Å². The molecular weight excluding hydrogens is 396 g/mol. The Morgan fingerprint density at radius 3 is 2.60 bits per heavy atom. The van der Waals surface area contributed by atoms with Crippen LogP contribution in [-0.4, -0.2) is 56.4 Å². The van der Waals surface area contributed by atoms with Gasteiger partial charge in [0, 0.05) is 30.2 Å². The number of carbonyl (C=O) groups is 1. The van der Waals surface area contributed by atoms with Crippen molar-refractivity contribution in [1.82, 2.24) is 24.6 Å². The maximum atomic E-state index is 12.8. The molecule has 158 valence electrons. The lowest BCUT2D eigenvalue weighted by Crippen LogP contribution is -2.23. The number of aromatic nitrogens is 4. The van der Waals surface area contributed by atoms with Crippen LogP contribution in [0, 0.1) is 6.92 Å². The van der Waals surface area contributed by atoms with E-state index in [0.29, 0.717) is 0 Å². The number of thioether (sulfide) groups is 1. The zero-order valence-electron chi connectivity index (χ0n) is 17.9. The minimum atomic E-state index is -0.313. The van der Waals surface area contributed by atoms with Crippen LogP contribution in [-0.2, 0) is 11.3 Å². The predicted molar refractivity (Wildman–Crippen MR) is 122 cm³/mol. The third-order valence-corrected chi connectivity index (χ3v) is 5.78. The molecule has 1 aromatic carbocycles. The van der Waals surface area contributed by atoms with Crippen molar-refractivity contribution < 1.29 is 4.79 Å². The second-order valence-electron chi connectivity index (χ2n) is 7.41. The number of hydrogen-bond acceptors (Lipinski definition) is 6. The number of amides is 1. The molecule has 30 heavy (non-hydrogen) atoms. The van der Waals surface area contributed by atoms with Crippen LogP contribution in [0.2, 0.25) is 0 Å². The highest BCUT2D eigenvalue weighted by Gasteiger charge is 2.21. The number of nitrogens with one attached hydrogen (secondary N) is 1. The largest absolute Gasteiger partial charge is 0.325 e. The Balaban J connectivity index is 1.77. The van der Waals surface area contributed by atoms with Crippen LogP contribution in [0.5, 0.6) is 0 Å². The Morgan fingerprint density at radius 1 is 1.17 bits per heavy atom. The molecule has 7 nitrogen and oxygen atoms in total. The standard InChI is InChI=1S/C22H28N6OS/c1-16-8-5-6-9-19(16)24-21(29)17(2)30-22-26-25-20(18-10-12-23-13-11-18)28(22)15-7-14-27(3)4/h5-6,8-13,17H,7,14-15H2,1-4H3,(H,24,29)/t17-/m1/s1. The summed E-state index contributed by atoms with van der Waals surface area (Å²) in [6.07, 6.45) is 4.46. The van der Waals surface area contributed by atoms with Crippen LogP contribution in [0.4, 0.5) is 5.69 Å². The molecule has 3 aromatic rings. The number of nitrogens with zero attached hydrogens (tertiary/aromatic N) is 5. The van der Waals surface area contributed by atoms with Crippen LogP contribution in [0.25, 0.3) is 11.4 Å². The fourth-order valence-corrected chi connectivity index (χ4v) is 3.87. The molecule has 2 heterocycles. The predicted octanol–water partition coefficient (Wildman–Crippen LogP) is 3.72. The summed E-state index contributed by atoms with van der Waals surface area (Å²) in [5.74, 6) is 0.743. The highest BCUT2D eigenvalue weighted by molar-refractivity contribution is 8.00. The van der Waals surface area contributed by atoms with E-state index in [1.807, 2.05) is 50.2 Å². The Bertz CT molecular complexity index is 973. The monoisotopic (exact) mass is 424 g/mol. The number of para-hydroxylation sites is 1. The van der Waals surface area contributed by atoms with Crippen LogP contribution in [0.3, 0.4) is 0 Å². The van der Waals surface area contributed by atoms with Crippen molar-refractivity contribution in [2.45, 2.75) is 37.2 Å². The van der Waals surface area contributed by atoms with Crippen LogP contribution >= 0.6 is 11.8 Å². The van der Waals surface area contributed by atoms with Crippen molar-refractivity contribution in [2.75, 3.05) is 26.0 Å². The first-order valence-corrected chi connectivity index (χ1v) is 10.8. The van der Waals surface area contributed by atoms with E-state index in [1.54, 1.807) is 12.4 Å². The lowest BCUT2D eigenvalue weighted by atomic mass is 10.2. The van der Waals surface area contributed by atoms with Crippen molar-refractivity contribution in [3.63, 3.8) is 0 Å². The summed E-state index contributed by atoms with van der Waals surface area (Å²) >= 11 is 1.43. The van der Waals surface area contributed by atoms with Gasteiger partial charge in [-0.1, -0.05) is 30.0 Å². The summed E-state index contributed by atoms with van der Waals surface area (Å²) in [4.78, 5) is 19.0. The average molecular weight is 425 g/mol. The Morgan fingerprint density at radius 2 is 1.90 bits per heavy atom. The summed E-state index contributed by atoms with van der Waals surface area (Å²) in [6.45, 7) is 5.61. The lowest BCUT2D eigenvalue weighted by Gasteiger charge is -2.15. The number of pyridine rings is 1. The zero-order chi connectivity index (χ0) is 21.5. The second-order valence-corrected chi connectivity index (χ2v) is 8.72. The number of anilines is 1. The summed E-state index contributed by atoms with van der Waals surface area (Å²) in [6, 6.07) is 11.6. The van der Waals surface area contributed by atoms with E-state index in [-0.39, 0.29) is 11.2 Å². The van der Waals surface area contributed by atoms with Crippen LogP contribution in [0.1, 0.15) is 18.9 Å². The summed E-state index contributed by atoms with van der Waals surface area (Å²) in [5.41, 5.74) is 2.83. The van der Waals surface area contributed by atoms with E-state index in [4.69, 9.17) is 0 Å². The first kappa shape index (κ1) is 22.0. The number of hydrogen-bond donors (Lipinski definition) is 1. The zero-order valence-corrected chi connectivity index (χ0v) is 18.7. The van der Waals surface area contributed by atoms with Gasteiger partial charge in [-0.15, -0.1) is 10.2 Å². The SMILES string of the molecule is Cc1ccccc1NC(=O)[C@@H](C)Sc1nnc(-c2ccncc2)n1CCCN(C)C. The third kappa shape index (κ3) is 5.67. The molecule has 0 bridgehead atoms. The van der Waals surface area contributed by atoms with Crippen molar-refractivity contribution in [3.05, 3.63) is 54.4 Å². The van der Waals surface area contributed by atoms with Gasteiger partial charge in [-0.3, -0.25) is 9.78 Å². The van der Waals surface area contributed by atoms with E-state index in [0.717, 1.165) is 47.3 Å². The lowest BCUT2D eigenvalue weighted by molar-refractivity contribution is -0.115. The minimum Gasteiger partial charge on any atom is -0.325 e.